The second-order valence-electron chi connectivity index (χ2n) is 9.83. The first-order valence-electron chi connectivity index (χ1n) is 12.7. The number of sulfonamides is 1. The van der Waals surface area contributed by atoms with Crippen LogP contribution in [-0.4, -0.2) is 80.9 Å². The van der Waals surface area contributed by atoms with Gasteiger partial charge >= 0.3 is 0 Å². The zero-order valence-electron chi connectivity index (χ0n) is 20.9. The van der Waals surface area contributed by atoms with E-state index in [4.69, 9.17) is 16.6 Å². The van der Waals surface area contributed by atoms with Crippen molar-refractivity contribution in [1.82, 2.24) is 19.5 Å². The molecule has 1 N–H and O–H groups in total. The van der Waals surface area contributed by atoms with Crippen molar-refractivity contribution < 1.29 is 13.2 Å². The molecule has 1 aromatic heterocycles. The number of thiazole rings is 1. The van der Waals surface area contributed by atoms with E-state index < -0.39 is 10.0 Å². The van der Waals surface area contributed by atoms with Crippen LogP contribution < -0.4 is 10.2 Å². The number of carbonyl (C=O) groups excluding carboxylic acids is 1. The van der Waals surface area contributed by atoms with Crippen LogP contribution in [0, 0.1) is 5.92 Å². The number of hydrogen-bond donors (Lipinski definition) is 1. The van der Waals surface area contributed by atoms with Gasteiger partial charge in [0.2, 0.25) is 10.0 Å². The Morgan fingerprint density at radius 3 is 2.59 bits per heavy atom. The van der Waals surface area contributed by atoms with Gasteiger partial charge in [0.1, 0.15) is 0 Å². The predicted octanol–water partition coefficient (Wildman–Crippen LogP) is 3.92. The lowest BCUT2D eigenvalue weighted by Crippen LogP contribution is -2.48. The SMILES string of the molecule is CC1CCCN(S(=O)(=O)c2ccc(C(=O)NCCN3CCN(c4nc5ccc(Cl)cc5s4)CC3)cc2)C1. The van der Waals surface area contributed by atoms with Crippen molar-refractivity contribution >= 4 is 54.2 Å². The molecule has 1 amide bonds. The third-order valence-electron chi connectivity index (χ3n) is 7.07. The van der Waals surface area contributed by atoms with Gasteiger partial charge in [0.15, 0.2) is 5.13 Å². The number of nitrogens with zero attached hydrogens (tertiary/aromatic N) is 4. The van der Waals surface area contributed by atoms with Crippen LogP contribution in [-0.2, 0) is 10.0 Å². The van der Waals surface area contributed by atoms with E-state index in [1.165, 1.54) is 0 Å². The maximum absolute atomic E-state index is 12.9. The normalized spacial score (nSPS) is 19.8. The van der Waals surface area contributed by atoms with Gasteiger partial charge in [-0.2, -0.15) is 4.31 Å². The molecule has 2 aromatic carbocycles. The van der Waals surface area contributed by atoms with E-state index >= 15 is 0 Å². The molecule has 2 saturated heterocycles. The van der Waals surface area contributed by atoms with Gasteiger partial charge in [0, 0.05) is 62.9 Å². The van der Waals surface area contributed by atoms with Gasteiger partial charge in [-0.15, -0.1) is 0 Å². The Bertz CT molecular complexity index is 1350. The third kappa shape index (κ3) is 6.09. The summed E-state index contributed by atoms with van der Waals surface area (Å²) >= 11 is 7.77. The number of piperazine rings is 1. The van der Waals surface area contributed by atoms with Crippen LogP contribution in [0.5, 0.6) is 0 Å². The van der Waals surface area contributed by atoms with Crippen LogP contribution in [0.3, 0.4) is 0 Å². The van der Waals surface area contributed by atoms with E-state index in [9.17, 15) is 13.2 Å². The molecule has 0 saturated carbocycles. The minimum atomic E-state index is -3.52. The van der Waals surface area contributed by atoms with E-state index in [1.54, 1.807) is 39.9 Å². The summed E-state index contributed by atoms with van der Waals surface area (Å²) in [6, 6.07) is 12.1. The summed E-state index contributed by atoms with van der Waals surface area (Å²) < 4.78 is 28.5. The summed E-state index contributed by atoms with van der Waals surface area (Å²) in [6.07, 6.45) is 1.94. The van der Waals surface area contributed by atoms with Crippen LogP contribution in [0.1, 0.15) is 30.1 Å². The first-order valence-corrected chi connectivity index (χ1v) is 15.3. The van der Waals surface area contributed by atoms with Crippen molar-refractivity contribution in [3.63, 3.8) is 0 Å². The maximum atomic E-state index is 12.9. The zero-order valence-corrected chi connectivity index (χ0v) is 23.3. The quantitative estimate of drug-likeness (QED) is 0.470. The summed E-state index contributed by atoms with van der Waals surface area (Å²) in [5, 5.41) is 4.71. The Morgan fingerprint density at radius 1 is 1.11 bits per heavy atom. The number of piperidine rings is 1. The Labute approximate surface area is 227 Å². The minimum absolute atomic E-state index is 0.192. The smallest absolute Gasteiger partial charge is 0.251 e. The molecule has 0 bridgehead atoms. The number of benzene rings is 2. The topological polar surface area (TPSA) is 85.8 Å². The second-order valence-corrected chi connectivity index (χ2v) is 13.2. The summed E-state index contributed by atoms with van der Waals surface area (Å²) in [7, 11) is -3.52. The van der Waals surface area contributed by atoms with Crippen LogP contribution in [0.15, 0.2) is 47.4 Å². The van der Waals surface area contributed by atoms with Crippen molar-refractivity contribution in [1.29, 1.82) is 0 Å². The average molecular weight is 562 g/mol. The first-order chi connectivity index (χ1) is 17.8. The highest BCUT2D eigenvalue weighted by molar-refractivity contribution is 7.89. The molecule has 3 heterocycles. The maximum Gasteiger partial charge on any atom is 0.251 e. The molecule has 5 rings (SSSR count). The van der Waals surface area contributed by atoms with E-state index in [0.717, 1.165) is 65.9 Å². The van der Waals surface area contributed by atoms with Gasteiger partial charge in [-0.3, -0.25) is 9.69 Å². The average Bonchev–Trinajstić information content (AvgIpc) is 3.32. The van der Waals surface area contributed by atoms with Crippen LogP contribution in [0.25, 0.3) is 10.2 Å². The third-order valence-corrected chi connectivity index (χ3v) is 10.3. The van der Waals surface area contributed by atoms with Crippen molar-refractivity contribution in [3.05, 3.63) is 53.1 Å². The molecule has 2 aliphatic rings. The monoisotopic (exact) mass is 561 g/mol. The zero-order chi connectivity index (χ0) is 26.0. The number of amides is 1. The molecule has 198 valence electrons. The molecule has 2 fully saturated rings. The molecule has 3 aromatic rings. The van der Waals surface area contributed by atoms with Crippen molar-refractivity contribution in [2.24, 2.45) is 5.92 Å². The lowest BCUT2D eigenvalue weighted by molar-refractivity contribution is 0.0947. The number of carbonyl (C=O) groups is 1. The van der Waals surface area contributed by atoms with Gasteiger partial charge in [0.05, 0.1) is 15.1 Å². The standard InChI is InChI=1S/C26H32ClN5O3S2/c1-19-3-2-11-32(18-19)37(34,35)22-7-4-20(5-8-22)25(33)28-10-12-30-13-15-31(16-14-30)26-29-23-9-6-21(27)17-24(23)36-26/h4-9,17,19H,2-3,10-16,18H2,1H3,(H,28,33). The lowest BCUT2D eigenvalue weighted by atomic mass is 10.0. The molecular formula is C26H32ClN5O3S2. The molecule has 0 spiro atoms. The Kier molecular flexibility index (Phi) is 8.02. The fourth-order valence-corrected chi connectivity index (χ4v) is 7.80. The first kappa shape index (κ1) is 26.4. The van der Waals surface area contributed by atoms with Gasteiger partial charge in [-0.25, -0.2) is 13.4 Å². The Balaban J connectivity index is 1.08. The van der Waals surface area contributed by atoms with Gasteiger partial charge in [-0.05, 0) is 61.2 Å². The number of anilines is 1. The molecule has 37 heavy (non-hydrogen) atoms. The summed E-state index contributed by atoms with van der Waals surface area (Å²) in [5.74, 6) is 0.172. The number of halogens is 1. The fraction of sp³-hybridized carbons (Fsp3) is 0.462. The molecule has 0 radical (unpaired) electrons. The summed E-state index contributed by atoms with van der Waals surface area (Å²) in [5.41, 5.74) is 1.44. The van der Waals surface area contributed by atoms with Crippen molar-refractivity contribution in [3.8, 4) is 0 Å². The van der Waals surface area contributed by atoms with E-state index in [-0.39, 0.29) is 10.8 Å². The number of aromatic nitrogens is 1. The molecule has 1 atom stereocenters. The van der Waals surface area contributed by atoms with Crippen LogP contribution in [0.4, 0.5) is 5.13 Å². The highest BCUT2D eigenvalue weighted by atomic mass is 35.5. The lowest BCUT2D eigenvalue weighted by Gasteiger charge is -2.34. The molecule has 1 unspecified atom stereocenters. The highest BCUT2D eigenvalue weighted by Gasteiger charge is 2.28. The Hall–Kier alpha value is -2.24. The predicted molar refractivity (Wildman–Crippen MR) is 149 cm³/mol. The van der Waals surface area contributed by atoms with E-state index in [2.05, 4.69) is 22.0 Å². The number of hydrogen-bond acceptors (Lipinski definition) is 7. The summed E-state index contributed by atoms with van der Waals surface area (Å²) in [4.78, 5) is 22.2. The van der Waals surface area contributed by atoms with Crippen molar-refractivity contribution in [2.45, 2.75) is 24.7 Å². The second kappa shape index (κ2) is 11.2. The van der Waals surface area contributed by atoms with Gasteiger partial charge in [0.25, 0.3) is 5.91 Å². The number of nitrogens with one attached hydrogen (secondary N) is 1. The largest absolute Gasteiger partial charge is 0.351 e. The van der Waals surface area contributed by atoms with Crippen molar-refractivity contribution in [2.75, 3.05) is 57.3 Å². The van der Waals surface area contributed by atoms with Gasteiger partial charge in [-0.1, -0.05) is 29.9 Å². The molecule has 2 aliphatic heterocycles. The highest BCUT2D eigenvalue weighted by Crippen LogP contribution is 2.31. The summed E-state index contributed by atoms with van der Waals surface area (Å²) in [6.45, 7) is 8.03. The fourth-order valence-electron chi connectivity index (χ4n) is 4.91. The number of rotatable bonds is 7. The van der Waals surface area contributed by atoms with Gasteiger partial charge < -0.3 is 10.2 Å². The van der Waals surface area contributed by atoms with E-state index in [0.29, 0.717) is 31.1 Å². The molecule has 11 heteroatoms. The van der Waals surface area contributed by atoms with Crippen LogP contribution in [0.2, 0.25) is 5.02 Å². The molecule has 0 aliphatic carbocycles. The number of fused-ring (bicyclic) bond motifs is 1. The Morgan fingerprint density at radius 2 is 1.86 bits per heavy atom. The minimum Gasteiger partial charge on any atom is -0.351 e. The molecule has 8 nitrogen and oxygen atoms in total. The molecular weight excluding hydrogens is 530 g/mol. The van der Waals surface area contributed by atoms with E-state index in [1.807, 2.05) is 18.2 Å². The van der Waals surface area contributed by atoms with Crippen LogP contribution >= 0.6 is 22.9 Å².